The van der Waals surface area contributed by atoms with Gasteiger partial charge in [-0.15, -0.1) is 0 Å². The van der Waals surface area contributed by atoms with Crippen molar-refractivity contribution in [2.24, 2.45) is 5.92 Å². The molecule has 1 aliphatic rings. The summed E-state index contributed by atoms with van der Waals surface area (Å²) in [5, 5.41) is 0. The summed E-state index contributed by atoms with van der Waals surface area (Å²) < 4.78 is 5.15. The molecule has 0 aromatic heterocycles. The zero-order chi connectivity index (χ0) is 8.65. The van der Waals surface area contributed by atoms with Crippen LogP contribution in [0.2, 0.25) is 0 Å². The Bertz CT molecular complexity index is 158. The van der Waals surface area contributed by atoms with Gasteiger partial charge < -0.3 is 4.74 Å². The molecule has 1 heteroatoms. The zero-order valence-electron chi connectivity index (χ0n) is 7.94. The number of hydrogen-bond acceptors (Lipinski definition) is 1. The fourth-order valence-electron chi connectivity index (χ4n) is 1.59. The molecule has 1 nitrogen and oxygen atoms in total. The molecule has 0 bridgehead atoms. The molecule has 1 saturated carbocycles. The second-order valence-corrected chi connectivity index (χ2v) is 3.29. The van der Waals surface area contributed by atoms with E-state index < -0.39 is 0 Å². The minimum atomic E-state index is 0.618. The quantitative estimate of drug-likeness (QED) is 0.452. The highest BCUT2D eigenvalue weighted by molar-refractivity contribution is 5.04. The minimum Gasteiger partial charge on any atom is -0.369 e. The van der Waals surface area contributed by atoms with E-state index in [1.54, 1.807) is 0 Å². The third-order valence-corrected chi connectivity index (χ3v) is 2.29. The van der Waals surface area contributed by atoms with Crippen LogP contribution in [0.1, 0.15) is 39.0 Å². The van der Waals surface area contributed by atoms with Gasteiger partial charge in [-0.1, -0.05) is 31.1 Å². The van der Waals surface area contributed by atoms with E-state index >= 15 is 0 Å². The molecule has 0 heterocycles. The molecule has 1 fully saturated rings. The van der Waals surface area contributed by atoms with Crippen LogP contribution in [0.3, 0.4) is 0 Å². The van der Waals surface area contributed by atoms with E-state index in [-0.39, 0.29) is 0 Å². The first kappa shape index (κ1) is 9.61. The Balaban J connectivity index is 2.13. The van der Waals surface area contributed by atoms with Crippen LogP contribution < -0.4 is 0 Å². The highest BCUT2D eigenvalue weighted by atomic mass is 16.5. The maximum atomic E-state index is 5.15. The van der Waals surface area contributed by atoms with Gasteiger partial charge in [0, 0.05) is 12.5 Å². The molecule has 68 valence electrons. The van der Waals surface area contributed by atoms with E-state index in [0.29, 0.717) is 12.5 Å². The third-order valence-electron chi connectivity index (χ3n) is 2.29. The molecule has 0 amide bonds. The van der Waals surface area contributed by atoms with Gasteiger partial charge in [-0.25, -0.2) is 0 Å². The average Bonchev–Trinajstić information content (AvgIpc) is 2.14. The van der Waals surface area contributed by atoms with E-state index in [2.05, 4.69) is 11.8 Å². The Morgan fingerprint density at radius 2 is 2.00 bits per heavy atom. The van der Waals surface area contributed by atoms with Crippen molar-refractivity contribution in [2.75, 3.05) is 13.2 Å². The second-order valence-electron chi connectivity index (χ2n) is 3.29. The van der Waals surface area contributed by atoms with Crippen molar-refractivity contribution in [1.29, 1.82) is 0 Å². The Morgan fingerprint density at radius 1 is 1.25 bits per heavy atom. The number of hydrogen-bond donors (Lipinski definition) is 0. The molecule has 0 unspecified atom stereocenters. The monoisotopic (exact) mass is 166 g/mol. The van der Waals surface area contributed by atoms with E-state index in [1.807, 2.05) is 6.92 Å². The molecular weight excluding hydrogens is 148 g/mol. The lowest BCUT2D eigenvalue weighted by Crippen LogP contribution is -2.03. The molecule has 0 aromatic carbocycles. The first-order valence-electron chi connectivity index (χ1n) is 4.99. The molecule has 12 heavy (non-hydrogen) atoms. The van der Waals surface area contributed by atoms with E-state index in [9.17, 15) is 0 Å². The fraction of sp³-hybridized carbons (Fsp3) is 0.818. The summed E-state index contributed by atoms with van der Waals surface area (Å²) in [6.45, 7) is 3.40. The summed E-state index contributed by atoms with van der Waals surface area (Å²) in [7, 11) is 0. The molecule has 1 aliphatic carbocycles. The van der Waals surface area contributed by atoms with Crippen LogP contribution in [0.15, 0.2) is 0 Å². The van der Waals surface area contributed by atoms with Crippen LogP contribution in [0.25, 0.3) is 0 Å². The molecular formula is C11H18O. The average molecular weight is 166 g/mol. The van der Waals surface area contributed by atoms with Crippen molar-refractivity contribution in [1.82, 2.24) is 0 Å². The Hall–Kier alpha value is -0.480. The summed E-state index contributed by atoms with van der Waals surface area (Å²) in [6, 6.07) is 0. The van der Waals surface area contributed by atoms with Gasteiger partial charge in [0.1, 0.15) is 6.61 Å². The van der Waals surface area contributed by atoms with Crippen LogP contribution in [0.5, 0.6) is 0 Å². The molecule has 0 aromatic rings. The summed E-state index contributed by atoms with van der Waals surface area (Å²) in [4.78, 5) is 0. The fourth-order valence-corrected chi connectivity index (χ4v) is 1.59. The van der Waals surface area contributed by atoms with E-state index in [0.717, 1.165) is 6.61 Å². The van der Waals surface area contributed by atoms with Gasteiger partial charge in [0.15, 0.2) is 0 Å². The van der Waals surface area contributed by atoms with Crippen molar-refractivity contribution in [3.8, 4) is 11.8 Å². The standard InChI is InChI=1S/C11H18O/c1-2-12-10-6-9-11-7-4-3-5-8-11/h11H,2-5,7-8,10H2,1H3. The lowest BCUT2D eigenvalue weighted by atomic mass is 9.90. The minimum absolute atomic E-state index is 0.618. The van der Waals surface area contributed by atoms with E-state index in [1.165, 1.54) is 32.1 Å². The molecule has 0 spiro atoms. The topological polar surface area (TPSA) is 9.23 Å². The van der Waals surface area contributed by atoms with Gasteiger partial charge in [0.2, 0.25) is 0 Å². The molecule has 0 radical (unpaired) electrons. The summed E-state index contributed by atoms with van der Waals surface area (Å²) >= 11 is 0. The molecule has 0 atom stereocenters. The lowest BCUT2D eigenvalue weighted by molar-refractivity contribution is 0.182. The van der Waals surface area contributed by atoms with Crippen LogP contribution in [0.4, 0.5) is 0 Å². The SMILES string of the molecule is CCOCC#CC1CCCCC1. The van der Waals surface area contributed by atoms with Crippen LogP contribution in [0, 0.1) is 17.8 Å². The number of ether oxygens (including phenoxy) is 1. The summed E-state index contributed by atoms with van der Waals surface area (Å²) in [6.07, 6.45) is 6.75. The van der Waals surface area contributed by atoms with Gasteiger partial charge in [0.05, 0.1) is 0 Å². The predicted molar refractivity (Wildman–Crippen MR) is 50.8 cm³/mol. The third kappa shape index (κ3) is 3.78. The normalized spacial score (nSPS) is 18.4. The highest BCUT2D eigenvalue weighted by Crippen LogP contribution is 2.22. The number of rotatable bonds is 2. The van der Waals surface area contributed by atoms with Crippen molar-refractivity contribution in [2.45, 2.75) is 39.0 Å². The van der Waals surface area contributed by atoms with Crippen LogP contribution in [-0.4, -0.2) is 13.2 Å². The van der Waals surface area contributed by atoms with Gasteiger partial charge in [-0.3, -0.25) is 0 Å². The second kappa shape index (κ2) is 6.08. The van der Waals surface area contributed by atoms with Crippen molar-refractivity contribution in [3.63, 3.8) is 0 Å². The van der Waals surface area contributed by atoms with E-state index in [4.69, 9.17) is 4.74 Å². The first-order valence-corrected chi connectivity index (χ1v) is 4.99. The Labute approximate surface area is 75.5 Å². The van der Waals surface area contributed by atoms with Gasteiger partial charge >= 0.3 is 0 Å². The summed E-state index contributed by atoms with van der Waals surface area (Å²) in [5.74, 6) is 7.03. The molecule has 1 rings (SSSR count). The maximum Gasteiger partial charge on any atom is 0.107 e. The molecule has 0 aliphatic heterocycles. The van der Waals surface area contributed by atoms with Gasteiger partial charge in [0.25, 0.3) is 0 Å². The predicted octanol–water partition coefficient (Wildman–Crippen LogP) is 2.61. The van der Waals surface area contributed by atoms with Crippen LogP contribution in [-0.2, 0) is 4.74 Å². The Morgan fingerprint density at radius 3 is 2.67 bits per heavy atom. The smallest absolute Gasteiger partial charge is 0.107 e. The zero-order valence-corrected chi connectivity index (χ0v) is 7.94. The molecule has 0 N–H and O–H groups in total. The Kier molecular flexibility index (Phi) is 4.87. The maximum absolute atomic E-state index is 5.15. The van der Waals surface area contributed by atoms with Gasteiger partial charge in [-0.2, -0.15) is 0 Å². The lowest BCUT2D eigenvalue weighted by Gasteiger charge is -2.15. The van der Waals surface area contributed by atoms with Crippen LogP contribution >= 0.6 is 0 Å². The summed E-state index contributed by atoms with van der Waals surface area (Å²) in [5.41, 5.74) is 0. The highest BCUT2D eigenvalue weighted by Gasteiger charge is 2.09. The van der Waals surface area contributed by atoms with Crippen molar-refractivity contribution >= 4 is 0 Å². The van der Waals surface area contributed by atoms with Crippen molar-refractivity contribution in [3.05, 3.63) is 0 Å². The van der Waals surface area contributed by atoms with Gasteiger partial charge in [-0.05, 0) is 19.8 Å². The van der Waals surface area contributed by atoms with Crippen molar-refractivity contribution < 1.29 is 4.74 Å². The largest absolute Gasteiger partial charge is 0.369 e. The molecule has 0 saturated heterocycles. The first-order chi connectivity index (χ1) is 5.93.